The van der Waals surface area contributed by atoms with Crippen LogP contribution in [0, 0.1) is 0 Å². The fraction of sp³-hybridized carbons (Fsp3) is 0.143. The summed E-state index contributed by atoms with van der Waals surface area (Å²) in [5, 5.41) is 2.69. The lowest BCUT2D eigenvalue weighted by Crippen LogP contribution is -2.16. The van der Waals surface area contributed by atoms with Crippen molar-refractivity contribution in [2.45, 2.75) is 6.92 Å². The molecule has 1 amide bonds. The molecule has 0 bridgehead atoms. The maximum absolute atomic E-state index is 12.3. The Hall–Kier alpha value is -3.54. The Morgan fingerprint density at radius 2 is 1.85 bits per heavy atom. The van der Waals surface area contributed by atoms with Crippen LogP contribution in [0.25, 0.3) is 0 Å². The van der Waals surface area contributed by atoms with Gasteiger partial charge in [0, 0.05) is 31.0 Å². The molecule has 0 radical (unpaired) electrons. The van der Waals surface area contributed by atoms with Crippen molar-refractivity contribution in [1.82, 2.24) is 0 Å². The summed E-state index contributed by atoms with van der Waals surface area (Å²) < 4.78 is 10.5. The maximum Gasteiger partial charge on any atom is 0.343 e. The van der Waals surface area contributed by atoms with Crippen LogP contribution < -0.4 is 15.0 Å². The van der Waals surface area contributed by atoms with E-state index in [1.54, 1.807) is 48.5 Å². The molecule has 0 aliphatic rings. The van der Waals surface area contributed by atoms with Crippen molar-refractivity contribution in [3.8, 4) is 5.75 Å². The van der Waals surface area contributed by atoms with E-state index in [0.717, 1.165) is 12.2 Å². The predicted molar refractivity (Wildman–Crippen MR) is 103 cm³/mol. The van der Waals surface area contributed by atoms with Crippen molar-refractivity contribution in [2.75, 3.05) is 23.8 Å². The van der Waals surface area contributed by atoms with Gasteiger partial charge in [-0.3, -0.25) is 4.79 Å². The number of ether oxygens (including phenoxy) is 1. The molecule has 0 fully saturated rings. The number of carbonyl (C=O) groups excluding carboxylic acids is 2. The Morgan fingerprint density at radius 3 is 2.52 bits per heavy atom. The van der Waals surface area contributed by atoms with E-state index in [2.05, 4.69) is 17.1 Å². The van der Waals surface area contributed by atoms with Crippen LogP contribution in [0.15, 0.2) is 71.3 Å². The summed E-state index contributed by atoms with van der Waals surface area (Å²) in [4.78, 5) is 26.4. The van der Waals surface area contributed by atoms with Crippen molar-refractivity contribution in [3.05, 3.63) is 78.3 Å². The molecular weight excluding hydrogens is 344 g/mol. The number of rotatable bonds is 6. The first kappa shape index (κ1) is 18.3. The van der Waals surface area contributed by atoms with Gasteiger partial charge in [0.15, 0.2) is 5.76 Å². The molecule has 1 N–H and O–H groups in total. The summed E-state index contributed by atoms with van der Waals surface area (Å²) in [5.41, 5.74) is 1.98. The monoisotopic (exact) mass is 364 g/mol. The first-order valence-electron chi connectivity index (χ1n) is 8.55. The zero-order chi connectivity index (χ0) is 19.2. The average molecular weight is 364 g/mol. The second kappa shape index (κ2) is 8.23. The summed E-state index contributed by atoms with van der Waals surface area (Å²) >= 11 is 0. The van der Waals surface area contributed by atoms with Crippen molar-refractivity contribution >= 4 is 23.3 Å². The zero-order valence-electron chi connectivity index (χ0n) is 15.1. The molecule has 27 heavy (non-hydrogen) atoms. The minimum absolute atomic E-state index is 0.203. The molecule has 0 saturated heterocycles. The molecule has 6 nitrogen and oxygen atoms in total. The van der Waals surface area contributed by atoms with E-state index in [1.807, 2.05) is 19.2 Å². The van der Waals surface area contributed by atoms with Crippen molar-refractivity contribution < 1.29 is 18.7 Å². The highest BCUT2D eigenvalue weighted by Gasteiger charge is 2.12. The molecule has 0 atom stereocenters. The smallest absolute Gasteiger partial charge is 0.343 e. The predicted octanol–water partition coefficient (Wildman–Crippen LogP) is 4.21. The van der Waals surface area contributed by atoms with Crippen molar-refractivity contribution in [3.63, 3.8) is 0 Å². The number of hydrogen-bond donors (Lipinski definition) is 1. The van der Waals surface area contributed by atoms with Gasteiger partial charge in [0.25, 0.3) is 5.91 Å². The fourth-order valence-electron chi connectivity index (χ4n) is 2.44. The number of furan rings is 1. The lowest BCUT2D eigenvalue weighted by Gasteiger charge is -2.16. The highest BCUT2D eigenvalue weighted by molar-refractivity contribution is 6.02. The molecule has 0 aliphatic heterocycles. The van der Waals surface area contributed by atoms with E-state index >= 15 is 0 Å². The fourth-order valence-corrected chi connectivity index (χ4v) is 2.44. The molecule has 0 unspecified atom stereocenters. The minimum Gasteiger partial charge on any atom is -0.459 e. The van der Waals surface area contributed by atoms with Gasteiger partial charge in [0.1, 0.15) is 5.75 Å². The summed E-state index contributed by atoms with van der Waals surface area (Å²) in [6, 6.07) is 17.0. The summed E-state index contributed by atoms with van der Waals surface area (Å²) in [5.74, 6) is -0.296. The van der Waals surface area contributed by atoms with Crippen molar-refractivity contribution in [2.24, 2.45) is 0 Å². The average Bonchev–Trinajstić information content (AvgIpc) is 3.23. The SMILES string of the molecule is CCN(C)c1ccc(C(=O)Oc2cccc(NC(=O)c3ccco3)c2)cc1. The second-order valence-electron chi connectivity index (χ2n) is 5.91. The van der Waals surface area contributed by atoms with Crippen LogP contribution in [-0.2, 0) is 0 Å². The molecule has 1 aromatic heterocycles. The van der Waals surface area contributed by atoms with E-state index in [9.17, 15) is 9.59 Å². The van der Waals surface area contributed by atoms with Gasteiger partial charge in [-0.2, -0.15) is 0 Å². The van der Waals surface area contributed by atoms with Crippen LogP contribution in [0.2, 0.25) is 0 Å². The lowest BCUT2D eigenvalue weighted by atomic mass is 10.2. The normalized spacial score (nSPS) is 10.3. The topological polar surface area (TPSA) is 71.8 Å². The summed E-state index contributed by atoms with van der Waals surface area (Å²) in [6.07, 6.45) is 1.43. The Bertz CT molecular complexity index is 918. The maximum atomic E-state index is 12.3. The molecular formula is C21H20N2O4. The van der Waals surface area contributed by atoms with E-state index in [0.29, 0.717) is 17.0 Å². The van der Waals surface area contributed by atoms with Crippen LogP contribution in [0.4, 0.5) is 11.4 Å². The van der Waals surface area contributed by atoms with Gasteiger partial charge >= 0.3 is 5.97 Å². The lowest BCUT2D eigenvalue weighted by molar-refractivity contribution is 0.0735. The first-order chi connectivity index (χ1) is 13.1. The van der Waals surface area contributed by atoms with Gasteiger partial charge in [-0.15, -0.1) is 0 Å². The van der Waals surface area contributed by atoms with Crippen LogP contribution >= 0.6 is 0 Å². The van der Waals surface area contributed by atoms with Crippen LogP contribution in [0.1, 0.15) is 27.8 Å². The van der Waals surface area contributed by atoms with E-state index in [4.69, 9.17) is 9.15 Å². The number of nitrogens with zero attached hydrogens (tertiary/aromatic N) is 1. The third-order valence-electron chi connectivity index (χ3n) is 4.07. The molecule has 0 aliphatic carbocycles. The van der Waals surface area contributed by atoms with E-state index < -0.39 is 5.97 Å². The van der Waals surface area contributed by atoms with E-state index in [-0.39, 0.29) is 11.7 Å². The molecule has 1 heterocycles. The Morgan fingerprint density at radius 1 is 1.07 bits per heavy atom. The van der Waals surface area contributed by atoms with Crippen molar-refractivity contribution in [1.29, 1.82) is 0 Å². The molecule has 0 saturated carbocycles. The van der Waals surface area contributed by atoms with Gasteiger partial charge in [-0.05, 0) is 55.5 Å². The van der Waals surface area contributed by atoms with Gasteiger partial charge in [-0.25, -0.2) is 4.79 Å². The van der Waals surface area contributed by atoms with Crippen LogP contribution in [0.3, 0.4) is 0 Å². The number of anilines is 2. The van der Waals surface area contributed by atoms with Gasteiger partial charge in [-0.1, -0.05) is 6.07 Å². The zero-order valence-corrected chi connectivity index (χ0v) is 15.1. The number of esters is 1. The molecule has 3 rings (SSSR count). The Balaban J connectivity index is 1.66. The molecule has 138 valence electrons. The third kappa shape index (κ3) is 4.55. The van der Waals surface area contributed by atoms with Gasteiger partial charge in [0.2, 0.25) is 0 Å². The number of nitrogens with one attached hydrogen (secondary N) is 1. The largest absolute Gasteiger partial charge is 0.459 e. The number of benzene rings is 2. The molecule has 6 heteroatoms. The first-order valence-corrected chi connectivity index (χ1v) is 8.55. The standard InChI is InChI=1S/C21H20N2O4/c1-3-23(2)17-11-9-15(10-12-17)21(25)27-18-7-4-6-16(14-18)22-20(24)19-8-5-13-26-19/h4-14H,3H2,1-2H3,(H,22,24). The highest BCUT2D eigenvalue weighted by Crippen LogP contribution is 2.20. The molecule has 2 aromatic carbocycles. The van der Waals surface area contributed by atoms with Gasteiger partial charge < -0.3 is 19.4 Å². The number of hydrogen-bond acceptors (Lipinski definition) is 5. The Kier molecular flexibility index (Phi) is 5.56. The van der Waals surface area contributed by atoms with Gasteiger partial charge in [0.05, 0.1) is 11.8 Å². The highest BCUT2D eigenvalue weighted by atomic mass is 16.5. The summed E-state index contributed by atoms with van der Waals surface area (Å²) in [6.45, 7) is 2.93. The third-order valence-corrected chi connectivity index (χ3v) is 4.07. The van der Waals surface area contributed by atoms with Crippen LogP contribution in [-0.4, -0.2) is 25.5 Å². The minimum atomic E-state index is -0.463. The molecule has 3 aromatic rings. The molecule has 0 spiro atoms. The van der Waals surface area contributed by atoms with Crippen LogP contribution in [0.5, 0.6) is 5.75 Å². The number of amides is 1. The summed E-state index contributed by atoms with van der Waals surface area (Å²) in [7, 11) is 1.98. The van der Waals surface area contributed by atoms with E-state index in [1.165, 1.54) is 6.26 Å². The quantitative estimate of drug-likeness (QED) is 0.524. The second-order valence-corrected chi connectivity index (χ2v) is 5.91. The Labute approximate surface area is 157 Å². The number of carbonyl (C=O) groups is 2.